The Labute approximate surface area is 144 Å². The van der Waals surface area contributed by atoms with Gasteiger partial charge in [0.25, 0.3) is 0 Å². The summed E-state index contributed by atoms with van der Waals surface area (Å²) in [7, 11) is 0. The number of anilines is 1. The van der Waals surface area contributed by atoms with E-state index >= 15 is 0 Å². The second-order valence-electron chi connectivity index (χ2n) is 5.86. The molecule has 0 saturated carbocycles. The van der Waals surface area contributed by atoms with Crippen molar-refractivity contribution < 1.29 is 19.4 Å². The molecule has 2 aliphatic rings. The predicted molar refractivity (Wildman–Crippen MR) is 90.3 cm³/mol. The van der Waals surface area contributed by atoms with Gasteiger partial charge in [-0.2, -0.15) is 0 Å². The van der Waals surface area contributed by atoms with Crippen LogP contribution in [0.2, 0.25) is 0 Å². The molecule has 0 bridgehead atoms. The summed E-state index contributed by atoms with van der Waals surface area (Å²) in [4.78, 5) is 23.4. The van der Waals surface area contributed by atoms with Crippen molar-refractivity contribution in [1.29, 1.82) is 0 Å². The molecule has 25 heavy (non-hydrogen) atoms. The number of nitrogens with zero attached hydrogens (tertiary/aromatic N) is 4. The summed E-state index contributed by atoms with van der Waals surface area (Å²) in [5, 5.41) is 9.04. The highest BCUT2D eigenvalue weighted by Crippen LogP contribution is 2.34. The van der Waals surface area contributed by atoms with Crippen LogP contribution in [0, 0.1) is 0 Å². The molecule has 4 rings (SSSR count). The Hall–Kier alpha value is -3.03. The third-order valence-corrected chi connectivity index (χ3v) is 4.31. The predicted octanol–water partition coefficient (Wildman–Crippen LogP) is 1.71. The van der Waals surface area contributed by atoms with Gasteiger partial charge in [-0.05, 0) is 24.3 Å². The van der Waals surface area contributed by atoms with Crippen molar-refractivity contribution in [2.24, 2.45) is 0 Å². The Bertz CT molecular complexity index is 790. The highest BCUT2D eigenvalue weighted by atomic mass is 16.6. The highest BCUT2D eigenvalue weighted by Gasteiger charge is 2.22. The number of aromatic nitrogens is 2. The molecule has 0 aliphatic carbocycles. The number of amides is 1. The average molecular weight is 342 g/mol. The topological polar surface area (TPSA) is 88.0 Å². The van der Waals surface area contributed by atoms with Gasteiger partial charge in [-0.15, -0.1) is 0 Å². The molecule has 2 aromatic rings. The zero-order chi connectivity index (χ0) is 17.2. The maximum Gasteiger partial charge on any atom is 0.407 e. The van der Waals surface area contributed by atoms with Gasteiger partial charge in [0, 0.05) is 37.9 Å². The van der Waals surface area contributed by atoms with Crippen molar-refractivity contribution in [3.63, 3.8) is 0 Å². The van der Waals surface area contributed by atoms with Crippen LogP contribution < -0.4 is 14.4 Å². The number of ether oxygens (including phenoxy) is 2. The molecule has 0 radical (unpaired) electrons. The van der Waals surface area contributed by atoms with E-state index in [1.165, 1.54) is 4.90 Å². The standard InChI is InChI=1S/C17H18N4O4/c22-17(23)21-7-5-20(6-8-21)16-18-4-3-13(19-16)12-1-2-14-15(11-12)25-10-9-24-14/h1-4,11H,5-10H2,(H,22,23). The minimum Gasteiger partial charge on any atom is -0.486 e. The lowest BCUT2D eigenvalue weighted by Crippen LogP contribution is -2.48. The first kappa shape index (κ1) is 15.5. The fourth-order valence-electron chi connectivity index (χ4n) is 2.96. The van der Waals surface area contributed by atoms with Gasteiger partial charge in [0.15, 0.2) is 11.5 Å². The number of hydrogen-bond donors (Lipinski definition) is 1. The van der Waals surface area contributed by atoms with Crippen LogP contribution in [0.1, 0.15) is 0 Å². The molecular formula is C17H18N4O4. The van der Waals surface area contributed by atoms with E-state index in [2.05, 4.69) is 9.97 Å². The first-order chi connectivity index (χ1) is 12.2. The quantitative estimate of drug-likeness (QED) is 0.889. The minimum atomic E-state index is -0.884. The average Bonchev–Trinajstić information content (AvgIpc) is 2.68. The Morgan fingerprint density at radius 3 is 2.56 bits per heavy atom. The summed E-state index contributed by atoms with van der Waals surface area (Å²) in [5.74, 6) is 2.07. The zero-order valence-corrected chi connectivity index (χ0v) is 13.6. The Kier molecular flexibility index (Phi) is 4.01. The van der Waals surface area contributed by atoms with E-state index < -0.39 is 6.09 Å². The summed E-state index contributed by atoms with van der Waals surface area (Å²) in [6.45, 7) is 3.17. The minimum absolute atomic E-state index is 0.451. The number of carbonyl (C=O) groups is 1. The molecule has 3 heterocycles. The monoisotopic (exact) mass is 342 g/mol. The molecule has 0 unspecified atom stereocenters. The lowest BCUT2D eigenvalue weighted by Gasteiger charge is -2.33. The highest BCUT2D eigenvalue weighted by molar-refractivity contribution is 5.66. The summed E-state index contributed by atoms with van der Waals surface area (Å²) >= 11 is 0. The van der Waals surface area contributed by atoms with Crippen LogP contribution in [0.15, 0.2) is 30.5 Å². The SMILES string of the molecule is O=C(O)N1CCN(c2nccc(-c3ccc4c(c3)OCCO4)n2)CC1. The number of piperazine rings is 1. The fourth-order valence-corrected chi connectivity index (χ4v) is 2.96. The number of fused-ring (bicyclic) bond motifs is 1. The van der Waals surface area contributed by atoms with Gasteiger partial charge in [0.2, 0.25) is 5.95 Å². The third kappa shape index (κ3) is 3.15. The zero-order valence-electron chi connectivity index (χ0n) is 13.6. The molecule has 1 fully saturated rings. The molecule has 1 N–H and O–H groups in total. The van der Waals surface area contributed by atoms with Crippen LogP contribution in [0.5, 0.6) is 11.5 Å². The number of benzene rings is 1. The summed E-state index contributed by atoms with van der Waals surface area (Å²) in [6.07, 6.45) is 0.837. The Morgan fingerprint density at radius 1 is 1.04 bits per heavy atom. The molecule has 1 aromatic heterocycles. The fraction of sp³-hybridized carbons (Fsp3) is 0.353. The van der Waals surface area contributed by atoms with Crippen molar-refractivity contribution in [3.8, 4) is 22.8 Å². The molecule has 8 nitrogen and oxygen atoms in total. The van der Waals surface area contributed by atoms with E-state index in [-0.39, 0.29) is 0 Å². The van der Waals surface area contributed by atoms with Crippen LogP contribution in [-0.4, -0.2) is 65.5 Å². The normalized spacial score (nSPS) is 16.6. The summed E-state index contributed by atoms with van der Waals surface area (Å²) in [5.41, 5.74) is 1.72. The first-order valence-corrected chi connectivity index (χ1v) is 8.16. The Morgan fingerprint density at radius 2 is 1.80 bits per heavy atom. The van der Waals surface area contributed by atoms with E-state index in [1.807, 2.05) is 29.2 Å². The van der Waals surface area contributed by atoms with Crippen molar-refractivity contribution in [2.75, 3.05) is 44.3 Å². The van der Waals surface area contributed by atoms with Gasteiger partial charge in [-0.3, -0.25) is 0 Å². The van der Waals surface area contributed by atoms with Crippen LogP contribution in [0.3, 0.4) is 0 Å². The van der Waals surface area contributed by atoms with Crippen molar-refractivity contribution in [2.45, 2.75) is 0 Å². The molecule has 130 valence electrons. The van der Waals surface area contributed by atoms with Gasteiger partial charge in [-0.25, -0.2) is 14.8 Å². The molecule has 1 aromatic carbocycles. The largest absolute Gasteiger partial charge is 0.486 e. The van der Waals surface area contributed by atoms with E-state index in [4.69, 9.17) is 14.6 Å². The maximum atomic E-state index is 11.0. The van der Waals surface area contributed by atoms with Crippen molar-refractivity contribution in [1.82, 2.24) is 14.9 Å². The van der Waals surface area contributed by atoms with E-state index in [0.29, 0.717) is 45.3 Å². The maximum absolute atomic E-state index is 11.0. The van der Waals surface area contributed by atoms with Gasteiger partial charge >= 0.3 is 6.09 Å². The lowest BCUT2D eigenvalue weighted by molar-refractivity contribution is 0.142. The van der Waals surface area contributed by atoms with Crippen LogP contribution >= 0.6 is 0 Å². The van der Waals surface area contributed by atoms with Crippen LogP contribution in [0.4, 0.5) is 10.7 Å². The van der Waals surface area contributed by atoms with Gasteiger partial charge in [0.1, 0.15) is 13.2 Å². The molecular weight excluding hydrogens is 324 g/mol. The second kappa shape index (κ2) is 6.46. The molecule has 8 heteroatoms. The molecule has 1 saturated heterocycles. The smallest absolute Gasteiger partial charge is 0.407 e. The van der Waals surface area contributed by atoms with E-state index in [0.717, 1.165) is 22.8 Å². The third-order valence-electron chi connectivity index (χ3n) is 4.31. The Balaban J connectivity index is 1.55. The second-order valence-corrected chi connectivity index (χ2v) is 5.86. The molecule has 1 amide bonds. The first-order valence-electron chi connectivity index (χ1n) is 8.16. The van der Waals surface area contributed by atoms with Gasteiger partial charge in [0.05, 0.1) is 5.69 Å². The van der Waals surface area contributed by atoms with Crippen LogP contribution in [-0.2, 0) is 0 Å². The number of carboxylic acid groups (broad SMARTS) is 1. The molecule has 0 spiro atoms. The van der Waals surface area contributed by atoms with Gasteiger partial charge in [-0.1, -0.05) is 0 Å². The summed E-state index contributed by atoms with van der Waals surface area (Å²) < 4.78 is 11.2. The van der Waals surface area contributed by atoms with Crippen molar-refractivity contribution in [3.05, 3.63) is 30.5 Å². The van der Waals surface area contributed by atoms with Gasteiger partial charge < -0.3 is 24.4 Å². The van der Waals surface area contributed by atoms with Crippen molar-refractivity contribution >= 4 is 12.0 Å². The molecule has 0 atom stereocenters. The lowest BCUT2D eigenvalue weighted by atomic mass is 10.1. The summed E-state index contributed by atoms with van der Waals surface area (Å²) in [6, 6.07) is 7.60. The van der Waals surface area contributed by atoms with Crippen LogP contribution in [0.25, 0.3) is 11.3 Å². The number of hydrogen-bond acceptors (Lipinski definition) is 6. The van der Waals surface area contributed by atoms with E-state index in [9.17, 15) is 4.79 Å². The van der Waals surface area contributed by atoms with E-state index in [1.54, 1.807) is 6.20 Å². The number of rotatable bonds is 2. The molecule has 2 aliphatic heterocycles.